The molecule has 1 unspecified atom stereocenters. The van der Waals surface area contributed by atoms with Crippen molar-refractivity contribution in [3.63, 3.8) is 0 Å². The maximum absolute atomic E-state index is 9.81. The molecule has 3 heteroatoms. The van der Waals surface area contributed by atoms with Crippen LogP contribution in [0.25, 0.3) is 5.57 Å². The van der Waals surface area contributed by atoms with E-state index in [0.717, 1.165) is 40.9 Å². The Morgan fingerprint density at radius 1 is 1.08 bits per heavy atom. The van der Waals surface area contributed by atoms with Crippen molar-refractivity contribution in [2.45, 2.75) is 87.0 Å². The Bertz CT molecular complexity index is 967. The minimum Gasteiger partial charge on any atom is -0.508 e. The van der Waals surface area contributed by atoms with Gasteiger partial charge in [0.2, 0.25) is 0 Å². The summed E-state index contributed by atoms with van der Waals surface area (Å²) in [6.45, 7) is 22.8. The summed E-state index contributed by atoms with van der Waals surface area (Å²) < 4.78 is 5.57. The first-order valence-corrected chi connectivity index (χ1v) is 13.6. The number of unbranched alkanes of at least 4 members (excludes halogenated alkanes) is 4. The van der Waals surface area contributed by atoms with Gasteiger partial charge in [-0.3, -0.25) is 0 Å². The predicted molar refractivity (Wildman–Crippen MR) is 163 cm³/mol. The maximum Gasteiger partial charge on any atom is 0.122 e. The van der Waals surface area contributed by atoms with Gasteiger partial charge in [0.25, 0.3) is 0 Å². The third-order valence-corrected chi connectivity index (χ3v) is 6.50. The molecule has 206 valence electrons. The summed E-state index contributed by atoms with van der Waals surface area (Å²) in [6.07, 6.45) is 17.1. The first-order valence-electron chi connectivity index (χ1n) is 13.6. The molecule has 3 nitrogen and oxygen atoms in total. The topological polar surface area (TPSA) is 49.7 Å². The van der Waals surface area contributed by atoms with E-state index >= 15 is 0 Å². The number of ether oxygens (including phenoxy) is 1. The van der Waals surface area contributed by atoms with Gasteiger partial charge in [0.05, 0.1) is 7.11 Å². The van der Waals surface area contributed by atoms with Crippen molar-refractivity contribution in [2.24, 2.45) is 5.92 Å². The highest BCUT2D eigenvalue weighted by molar-refractivity contribution is 5.73. The molecule has 0 aliphatic heterocycles. The fourth-order valence-electron chi connectivity index (χ4n) is 4.08. The van der Waals surface area contributed by atoms with E-state index in [4.69, 9.17) is 9.84 Å². The van der Waals surface area contributed by atoms with Crippen LogP contribution in [0.1, 0.15) is 90.3 Å². The lowest BCUT2D eigenvalue weighted by atomic mass is 9.87. The van der Waals surface area contributed by atoms with Crippen molar-refractivity contribution in [1.29, 1.82) is 0 Å². The minimum absolute atomic E-state index is 0.0293. The molecule has 1 atom stereocenters. The standard InChI is InChI=1S/C27H36O2.C7H16O/c1-10-12-13-18(3)19(4)15-24-16-22(7)27(29-9)17-26(24)21(6)14-20(5)25(11-2)23(8)28;1-2-3-4-5-6-7-8/h10-14,16-17,19,28H,5,8,15H2,1-4,6-7,9H3;8H,2-7H2,1H3/b12-10-,18-13+,21-14+,25-11+;. The number of hydrogen-bond acceptors (Lipinski definition) is 3. The average molecular weight is 509 g/mol. The quantitative estimate of drug-likeness (QED) is 0.149. The molecular weight excluding hydrogens is 456 g/mol. The number of allylic oxidation sites excluding steroid dienone is 8. The van der Waals surface area contributed by atoms with Gasteiger partial charge in [-0.1, -0.05) is 94.7 Å². The largest absolute Gasteiger partial charge is 0.508 e. The van der Waals surface area contributed by atoms with Crippen molar-refractivity contribution in [2.75, 3.05) is 13.7 Å². The Labute approximate surface area is 227 Å². The molecule has 0 radical (unpaired) electrons. The van der Waals surface area contributed by atoms with Gasteiger partial charge in [-0.25, -0.2) is 0 Å². The first-order chi connectivity index (χ1) is 17.6. The SMILES string of the molecule is C=C(O)/C(=C/C)C(=C)/C=C(\C)c1cc(OC)c(C)cc1CC(C)/C(C)=C/C=C\C.CCCCCCCO. The van der Waals surface area contributed by atoms with Crippen LogP contribution in [-0.2, 0) is 6.42 Å². The van der Waals surface area contributed by atoms with Crippen molar-refractivity contribution in [3.05, 3.63) is 94.8 Å². The third kappa shape index (κ3) is 12.8. The number of aryl methyl sites for hydroxylation is 1. The van der Waals surface area contributed by atoms with E-state index in [9.17, 15) is 5.11 Å². The number of hydrogen-bond donors (Lipinski definition) is 2. The van der Waals surface area contributed by atoms with Gasteiger partial charge in [0.1, 0.15) is 11.5 Å². The first kappa shape index (κ1) is 34.2. The fourth-order valence-corrected chi connectivity index (χ4v) is 4.08. The molecule has 0 saturated heterocycles. The van der Waals surface area contributed by atoms with Crippen LogP contribution in [0.3, 0.4) is 0 Å². The second-order valence-electron chi connectivity index (χ2n) is 9.66. The number of aliphatic hydroxyl groups is 2. The molecule has 1 rings (SSSR count). The van der Waals surface area contributed by atoms with E-state index in [2.05, 4.69) is 72.1 Å². The number of aliphatic hydroxyl groups excluding tert-OH is 2. The summed E-state index contributed by atoms with van der Waals surface area (Å²) in [5.74, 6) is 1.31. The second-order valence-corrected chi connectivity index (χ2v) is 9.66. The molecule has 0 saturated carbocycles. The zero-order valence-electron chi connectivity index (χ0n) is 24.8. The Morgan fingerprint density at radius 2 is 1.73 bits per heavy atom. The van der Waals surface area contributed by atoms with Gasteiger partial charge >= 0.3 is 0 Å². The maximum atomic E-state index is 9.81. The van der Waals surface area contributed by atoms with Crippen LogP contribution in [0.5, 0.6) is 5.75 Å². The van der Waals surface area contributed by atoms with Gasteiger partial charge in [0, 0.05) is 12.2 Å². The highest BCUT2D eigenvalue weighted by Crippen LogP contribution is 2.32. The summed E-state index contributed by atoms with van der Waals surface area (Å²) in [5, 5.41) is 18.2. The molecule has 0 fully saturated rings. The molecule has 37 heavy (non-hydrogen) atoms. The lowest BCUT2D eigenvalue weighted by Gasteiger charge is -2.19. The van der Waals surface area contributed by atoms with E-state index in [1.165, 1.54) is 36.8 Å². The molecule has 0 aliphatic carbocycles. The zero-order valence-corrected chi connectivity index (χ0v) is 24.8. The Balaban J connectivity index is 0.00000139. The lowest BCUT2D eigenvalue weighted by Crippen LogP contribution is -2.05. The molecule has 0 aliphatic rings. The van der Waals surface area contributed by atoms with Gasteiger partial charge in [0.15, 0.2) is 0 Å². The number of rotatable bonds is 14. The van der Waals surface area contributed by atoms with E-state index in [0.29, 0.717) is 18.1 Å². The molecule has 0 heterocycles. The average Bonchev–Trinajstić information content (AvgIpc) is 2.85. The smallest absolute Gasteiger partial charge is 0.122 e. The van der Waals surface area contributed by atoms with Gasteiger partial charge in [-0.2, -0.15) is 0 Å². The van der Waals surface area contributed by atoms with Crippen LogP contribution in [0.2, 0.25) is 0 Å². The molecule has 1 aromatic carbocycles. The summed E-state index contributed by atoms with van der Waals surface area (Å²) in [7, 11) is 1.70. The molecule has 0 spiro atoms. The van der Waals surface area contributed by atoms with Crippen LogP contribution in [0.15, 0.2) is 78.1 Å². The molecule has 2 N–H and O–H groups in total. The van der Waals surface area contributed by atoms with Crippen molar-refractivity contribution in [3.8, 4) is 5.75 Å². The van der Waals surface area contributed by atoms with Gasteiger partial charge in [-0.05, 0) is 87.3 Å². The molecule has 0 amide bonds. The predicted octanol–water partition coefficient (Wildman–Crippen LogP) is 9.63. The molecular formula is C34H52O3. The summed E-state index contributed by atoms with van der Waals surface area (Å²) in [5.41, 5.74) is 7.35. The van der Waals surface area contributed by atoms with Gasteiger partial charge in [-0.15, -0.1) is 0 Å². The highest BCUT2D eigenvalue weighted by atomic mass is 16.5. The Hall–Kier alpha value is -2.78. The third-order valence-electron chi connectivity index (χ3n) is 6.50. The van der Waals surface area contributed by atoms with Crippen LogP contribution in [-0.4, -0.2) is 23.9 Å². The molecule has 1 aromatic rings. The molecule has 0 aromatic heterocycles. The summed E-state index contributed by atoms with van der Waals surface area (Å²) in [6, 6.07) is 4.32. The summed E-state index contributed by atoms with van der Waals surface area (Å²) in [4.78, 5) is 0. The van der Waals surface area contributed by atoms with Crippen molar-refractivity contribution < 1.29 is 14.9 Å². The zero-order chi connectivity index (χ0) is 28.4. The highest BCUT2D eigenvalue weighted by Gasteiger charge is 2.14. The van der Waals surface area contributed by atoms with Crippen molar-refractivity contribution in [1.82, 2.24) is 0 Å². The van der Waals surface area contributed by atoms with Crippen LogP contribution >= 0.6 is 0 Å². The number of methoxy groups -OCH3 is 1. The van der Waals surface area contributed by atoms with E-state index < -0.39 is 0 Å². The number of benzene rings is 1. The monoisotopic (exact) mass is 508 g/mol. The van der Waals surface area contributed by atoms with Gasteiger partial charge < -0.3 is 14.9 Å². The summed E-state index contributed by atoms with van der Waals surface area (Å²) >= 11 is 0. The van der Waals surface area contributed by atoms with Crippen LogP contribution in [0, 0.1) is 12.8 Å². The molecule has 0 bridgehead atoms. The minimum atomic E-state index is 0.0293. The fraction of sp³-hybridized carbons (Fsp3) is 0.471. The van der Waals surface area contributed by atoms with E-state index in [1.807, 2.05) is 32.1 Å². The van der Waals surface area contributed by atoms with E-state index in [1.54, 1.807) is 7.11 Å². The van der Waals surface area contributed by atoms with E-state index in [-0.39, 0.29) is 5.76 Å². The lowest BCUT2D eigenvalue weighted by molar-refractivity contribution is 0.282. The van der Waals surface area contributed by atoms with Crippen molar-refractivity contribution >= 4 is 5.57 Å². The Morgan fingerprint density at radius 3 is 2.24 bits per heavy atom. The Kier molecular flexibility index (Phi) is 17.9. The van der Waals surface area contributed by atoms with Crippen LogP contribution < -0.4 is 4.74 Å². The normalized spacial score (nSPS) is 13.3. The van der Waals surface area contributed by atoms with Crippen LogP contribution in [0.4, 0.5) is 0 Å². The second kappa shape index (κ2) is 19.3.